The molecule has 0 rings (SSSR count). The minimum absolute atomic E-state index is 0.586. The van der Waals surface area contributed by atoms with Crippen LogP contribution in [0.4, 0.5) is 0 Å². The van der Waals surface area contributed by atoms with E-state index in [4.69, 9.17) is 0 Å². The molecule has 0 aromatic heterocycles. The second-order valence-corrected chi connectivity index (χ2v) is 5.36. The molecule has 0 unspecified atom stereocenters. The summed E-state index contributed by atoms with van der Waals surface area (Å²) in [5.41, 5.74) is 0.586. The summed E-state index contributed by atoms with van der Waals surface area (Å²) in [5, 5.41) is 0. The van der Waals surface area contributed by atoms with E-state index in [1.54, 1.807) is 0 Å². The SMILES string of the molecule is CCC(C)(CC(C)C)CC(C)C. The Morgan fingerprint density at radius 1 is 0.917 bits per heavy atom. The lowest BCUT2D eigenvalue weighted by atomic mass is 9.74. The fourth-order valence-electron chi connectivity index (χ4n) is 2.34. The van der Waals surface area contributed by atoms with Crippen LogP contribution < -0.4 is 0 Å². The Labute approximate surface area is 78.8 Å². The summed E-state index contributed by atoms with van der Waals surface area (Å²) < 4.78 is 0. The molecule has 0 N–H and O–H groups in total. The summed E-state index contributed by atoms with van der Waals surface area (Å²) in [7, 11) is 0. The van der Waals surface area contributed by atoms with E-state index < -0.39 is 0 Å². The van der Waals surface area contributed by atoms with Gasteiger partial charge in [0.25, 0.3) is 0 Å². The Kier molecular flexibility index (Phi) is 4.89. The molecule has 0 heterocycles. The van der Waals surface area contributed by atoms with Gasteiger partial charge in [0.1, 0.15) is 0 Å². The van der Waals surface area contributed by atoms with E-state index in [0.717, 1.165) is 11.8 Å². The fraction of sp³-hybridized carbons (Fsp3) is 1.00. The summed E-state index contributed by atoms with van der Waals surface area (Å²) in [6, 6.07) is 0. The zero-order valence-corrected chi connectivity index (χ0v) is 9.78. The minimum Gasteiger partial charge on any atom is -0.0649 e. The van der Waals surface area contributed by atoms with Gasteiger partial charge in [0.2, 0.25) is 0 Å². The quantitative estimate of drug-likeness (QED) is 0.570. The van der Waals surface area contributed by atoms with Gasteiger partial charge in [-0.25, -0.2) is 0 Å². The van der Waals surface area contributed by atoms with E-state index in [9.17, 15) is 0 Å². The molecule has 0 saturated heterocycles. The Balaban J connectivity index is 4.04. The molecule has 0 atom stereocenters. The third-order valence-corrected chi connectivity index (χ3v) is 2.66. The Hall–Kier alpha value is 0. The van der Waals surface area contributed by atoms with Crippen molar-refractivity contribution in [3.05, 3.63) is 0 Å². The van der Waals surface area contributed by atoms with Crippen molar-refractivity contribution in [2.24, 2.45) is 17.3 Å². The second-order valence-electron chi connectivity index (χ2n) is 5.36. The van der Waals surface area contributed by atoms with Crippen LogP contribution in [0.15, 0.2) is 0 Å². The van der Waals surface area contributed by atoms with Crippen molar-refractivity contribution in [1.82, 2.24) is 0 Å². The van der Waals surface area contributed by atoms with Crippen molar-refractivity contribution < 1.29 is 0 Å². The van der Waals surface area contributed by atoms with Gasteiger partial charge in [-0.2, -0.15) is 0 Å². The fourth-order valence-corrected chi connectivity index (χ4v) is 2.34. The third-order valence-electron chi connectivity index (χ3n) is 2.66. The molecule has 0 fully saturated rings. The van der Waals surface area contributed by atoms with Gasteiger partial charge < -0.3 is 0 Å². The maximum atomic E-state index is 2.44. The normalized spacial score (nSPS) is 13.0. The molecule has 0 aromatic carbocycles. The summed E-state index contributed by atoms with van der Waals surface area (Å²) in [5.74, 6) is 1.68. The van der Waals surface area contributed by atoms with Gasteiger partial charge in [0.15, 0.2) is 0 Å². The molecule has 0 spiro atoms. The van der Waals surface area contributed by atoms with Crippen LogP contribution in [0.5, 0.6) is 0 Å². The van der Waals surface area contributed by atoms with Gasteiger partial charge in [-0.1, -0.05) is 48.0 Å². The van der Waals surface area contributed by atoms with E-state index >= 15 is 0 Å². The number of rotatable bonds is 5. The number of hydrogen-bond donors (Lipinski definition) is 0. The highest BCUT2D eigenvalue weighted by molar-refractivity contribution is 4.75. The van der Waals surface area contributed by atoms with E-state index in [-0.39, 0.29) is 0 Å². The molecule has 0 nitrogen and oxygen atoms in total. The van der Waals surface area contributed by atoms with Crippen LogP contribution in [0.25, 0.3) is 0 Å². The minimum atomic E-state index is 0.586. The summed E-state index contributed by atoms with van der Waals surface area (Å²) >= 11 is 0. The van der Waals surface area contributed by atoms with Crippen molar-refractivity contribution in [2.45, 2.75) is 60.8 Å². The lowest BCUT2D eigenvalue weighted by molar-refractivity contribution is 0.198. The van der Waals surface area contributed by atoms with Crippen molar-refractivity contribution in [1.29, 1.82) is 0 Å². The van der Waals surface area contributed by atoms with Crippen molar-refractivity contribution in [2.75, 3.05) is 0 Å². The molecule has 0 heteroatoms. The maximum Gasteiger partial charge on any atom is -0.0324 e. The second kappa shape index (κ2) is 4.89. The van der Waals surface area contributed by atoms with Crippen molar-refractivity contribution in [3.8, 4) is 0 Å². The summed E-state index contributed by atoms with van der Waals surface area (Å²) in [6.07, 6.45) is 4.08. The van der Waals surface area contributed by atoms with Gasteiger partial charge in [-0.15, -0.1) is 0 Å². The molecule has 0 aromatic rings. The van der Waals surface area contributed by atoms with E-state index in [2.05, 4.69) is 41.5 Å². The topological polar surface area (TPSA) is 0 Å². The standard InChI is InChI=1S/C12H26/c1-7-12(6,8-10(2)3)9-11(4)5/h10-11H,7-9H2,1-6H3. The van der Waals surface area contributed by atoms with Crippen LogP contribution in [0.3, 0.4) is 0 Å². The molecule has 0 aliphatic rings. The van der Waals surface area contributed by atoms with E-state index in [1.165, 1.54) is 19.3 Å². The maximum absolute atomic E-state index is 2.44. The predicted octanol–water partition coefficient (Wildman–Crippen LogP) is 4.49. The number of hydrogen-bond acceptors (Lipinski definition) is 0. The Bertz CT molecular complexity index is 101. The molecule has 0 bridgehead atoms. The van der Waals surface area contributed by atoms with Gasteiger partial charge >= 0.3 is 0 Å². The van der Waals surface area contributed by atoms with Crippen LogP contribution in [0.2, 0.25) is 0 Å². The third kappa shape index (κ3) is 4.79. The van der Waals surface area contributed by atoms with Crippen LogP contribution in [0.1, 0.15) is 60.8 Å². The first-order valence-electron chi connectivity index (χ1n) is 5.39. The molecule has 74 valence electrons. The largest absolute Gasteiger partial charge is 0.0649 e. The first kappa shape index (κ1) is 12.0. The molecule has 0 aliphatic heterocycles. The van der Waals surface area contributed by atoms with Crippen LogP contribution >= 0.6 is 0 Å². The van der Waals surface area contributed by atoms with Gasteiger partial charge in [-0.05, 0) is 30.1 Å². The predicted molar refractivity (Wildman–Crippen MR) is 57.3 cm³/mol. The Morgan fingerprint density at radius 2 is 1.25 bits per heavy atom. The zero-order valence-electron chi connectivity index (χ0n) is 9.78. The molecular weight excluding hydrogens is 144 g/mol. The zero-order chi connectivity index (χ0) is 9.78. The van der Waals surface area contributed by atoms with Gasteiger partial charge in [0.05, 0.1) is 0 Å². The highest BCUT2D eigenvalue weighted by Gasteiger charge is 2.23. The highest BCUT2D eigenvalue weighted by atomic mass is 14.3. The molecular formula is C12H26. The van der Waals surface area contributed by atoms with Crippen LogP contribution in [-0.2, 0) is 0 Å². The first-order chi connectivity index (χ1) is 5.39. The Morgan fingerprint density at radius 3 is 1.42 bits per heavy atom. The molecule has 0 amide bonds. The lowest BCUT2D eigenvalue weighted by Crippen LogP contribution is -2.20. The molecule has 0 saturated carbocycles. The average Bonchev–Trinajstić information content (AvgIpc) is 1.83. The van der Waals surface area contributed by atoms with Gasteiger partial charge in [0, 0.05) is 0 Å². The summed E-state index contributed by atoms with van der Waals surface area (Å²) in [4.78, 5) is 0. The van der Waals surface area contributed by atoms with Crippen LogP contribution in [0, 0.1) is 17.3 Å². The smallest absolute Gasteiger partial charge is 0.0324 e. The first-order valence-corrected chi connectivity index (χ1v) is 5.39. The van der Waals surface area contributed by atoms with E-state index in [0.29, 0.717) is 5.41 Å². The summed E-state index contributed by atoms with van der Waals surface area (Å²) in [6.45, 7) is 14.1. The van der Waals surface area contributed by atoms with Gasteiger partial charge in [-0.3, -0.25) is 0 Å². The monoisotopic (exact) mass is 170 g/mol. The highest BCUT2D eigenvalue weighted by Crippen LogP contribution is 2.35. The molecule has 0 radical (unpaired) electrons. The molecule has 0 aliphatic carbocycles. The van der Waals surface area contributed by atoms with Crippen LogP contribution in [-0.4, -0.2) is 0 Å². The average molecular weight is 170 g/mol. The van der Waals surface area contributed by atoms with E-state index in [1.807, 2.05) is 0 Å². The lowest BCUT2D eigenvalue weighted by Gasteiger charge is -2.32. The molecule has 12 heavy (non-hydrogen) atoms. The van der Waals surface area contributed by atoms with Crippen molar-refractivity contribution >= 4 is 0 Å². The van der Waals surface area contributed by atoms with Crippen molar-refractivity contribution in [3.63, 3.8) is 0 Å².